The van der Waals surface area contributed by atoms with Gasteiger partial charge >= 0.3 is 0 Å². The van der Waals surface area contributed by atoms with E-state index in [2.05, 4.69) is 50.2 Å². The van der Waals surface area contributed by atoms with Gasteiger partial charge in [0.2, 0.25) is 5.91 Å². The first-order valence-corrected chi connectivity index (χ1v) is 10.1. The van der Waals surface area contributed by atoms with Gasteiger partial charge in [-0.3, -0.25) is 9.69 Å². The second-order valence-corrected chi connectivity index (χ2v) is 7.78. The average molecular weight is 428 g/mol. The molecule has 1 heterocycles. The fourth-order valence-electron chi connectivity index (χ4n) is 3.20. The molecule has 0 radical (unpaired) electrons. The fourth-order valence-corrected chi connectivity index (χ4v) is 3.62. The summed E-state index contributed by atoms with van der Waals surface area (Å²) >= 11 is 3.51. The second kappa shape index (κ2) is 9.83. The Hall–Kier alpha value is -1.95. The Kier molecular flexibility index (Phi) is 7.21. The third-order valence-corrected chi connectivity index (χ3v) is 5.60. The molecule has 1 N–H and O–H groups in total. The van der Waals surface area contributed by atoms with Crippen LogP contribution in [0.5, 0.6) is 0 Å². The van der Waals surface area contributed by atoms with Gasteiger partial charge < -0.3 is 10.2 Å². The summed E-state index contributed by atoms with van der Waals surface area (Å²) < 4.78 is 0.978. The van der Waals surface area contributed by atoms with E-state index in [1.165, 1.54) is 0 Å². The van der Waals surface area contributed by atoms with E-state index in [1.54, 1.807) is 6.08 Å². The first kappa shape index (κ1) is 19.8. The molecule has 5 heteroatoms. The van der Waals surface area contributed by atoms with Gasteiger partial charge in [0.05, 0.1) is 6.04 Å². The molecule has 0 bridgehead atoms. The predicted octanol–water partition coefficient (Wildman–Crippen LogP) is 3.57. The van der Waals surface area contributed by atoms with Crippen LogP contribution in [-0.4, -0.2) is 55.5 Å². The van der Waals surface area contributed by atoms with E-state index in [-0.39, 0.29) is 11.9 Å². The number of carbonyl (C=O) groups is 1. The number of likely N-dealkylation sites (N-methyl/N-ethyl adjacent to an activating group) is 1. The summed E-state index contributed by atoms with van der Waals surface area (Å²) in [6, 6.07) is 18.1. The molecule has 2 aromatic rings. The summed E-state index contributed by atoms with van der Waals surface area (Å²) in [5, 5.41) is 3.19. The van der Waals surface area contributed by atoms with Crippen molar-refractivity contribution < 1.29 is 4.79 Å². The Labute approximate surface area is 170 Å². The van der Waals surface area contributed by atoms with Gasteiger partial charge in [-0.25, -0.2) is 0 Å². The van der Waals surface area contributed by atoms with Gasteiger partial charge in [-0.15, -0.1) is 0 Å². The lowest BCUT2D eigenvalue weighted by Gasteiger charge is -2.34. The second-order valence-electron chi connectivity index (χ2n) is 6.93. The predicted molar refractivity (Wildman–Crippen MR) is 114 cm³/mol. The zero-order valence-electron chi connectivity index (χ0n) is 15.6. The molecule has 1 amide bonds. The number of halogens is 1. The highest BCUT2D eigenvalue weighted by Gasteiger charge is 2.20. The third kappa shape index (κ3) is 6.03. The van der Waals surface area contributed by atoms with Crippen LogP contribution in [0.15, 0.2) is 65.1 Å². The van der Waals surface area contributed by atoms with Gasteiger partial charge in [0, 0.05) is 43.3 Å². The van der Waals surface area contributed by atoms with Crippen molar-refractivity contribution in [2.45, 2.75) is 6.04 Å². The lowest BCUT2D eigenvalue weighted by atomic mass is 10.1. The minimum absolute atomic E-state index is 0.0222. The first-order chi connectivity index (χ1) is 13.1. The molecular formula is C22H26BrN3O. The van der Waals surface area contributed by atoms with Gasteiger partial charge in [-0.2, -0.15) is 0 Å². The molecule has 4 nitrogen and oxygen atoms in total. The maximum absolute atomic E-state index is 12.6. The van der Waals surface area contributed by atoms with Crippen LogP contribution < -0.4 is 5.32 Å². The first-order valence-electron chi connectivity index (χ1n) is 9.31. The van der Waals surface area contributed by atoms with E-state index in [4.69, 9.17) is 0 Å². The molecule has 0 aromatic heterocycles. The standard InChI is InChI=1S/C22H26BrN3O/c1-25-13-15-26(16-14-25)17-21(19-8-3-2-4-9-19)24-22(27)12-11-18-7-5-6-10-20(18)23/h2-12,21H,13-17H2,1H3,(H,24,27)/b12-11+. The fraction of sp³-hybridized carbons (Fsp3) is 0.318. The maximum Gasteiger partial charge on any atom is 0.244 e. The topological polar surface area (TPSA) is 35.6 Å². The number of hydrogen-bond donors (Lipinski definition) is 1. The molecule has 27 heavy (non-hydrogen) atoms. The molecule has 1 fully saturated rings. The van der Waals surface area contributed by atoms with Crippen LogP contribution >= 0.6 is 15.9 Å². The van der Waals surface area contributed by atoms with E-state index in [9.17, 15) is 4.79 Å². The number of amides is 1. The molecule has 1 aliphatic rings. The summed E-state index contributed by atoms with van der Waals surface area (Å²) in [4.78, 5) is 17.3. The van der Waals surface area contributed by atoms with Gasteiger partial charge in [-0.1, -0.05) is 64.5 Å². The minimum atomic E-state index is -0.0752. The SMILES string of the molecule is CN1CCN(CC(NC(=O)/C=C/c2ccccc2Br)c2ccccc2)CC1. The molecule has 2 aromatic carbocycles. The largest absolute Gasteiger partial charge is 0.344 e. The van der Waals surface area contributed by atoms with Crippen molar-refractivity contribution in [1.29, 1.82) is 0 Å². The van der Waals surface area contributed by atoms with Gasteiger partial charge in [0.15, 0.2) is 0 Å². The Morgan fingerprint density at radius 1 is 1.07 bits per heavy atom. The Morgan fingerprint density at radius 3 is 2.44 bits per heavy atom. The third-order valence-electron chi connectivity index (χ3n) is 4.87. The van der Waals surface area contributed by atoms with E-state index in [0.717, 1.165) is 48.3 Å². The summed E-state index contributed by atoms with van der Waals surface area (Å²) in [5.74, 6) is -0.0752. The Bertz CT molecular complexity index is 770. The van der Waals surface area contributed by atoms with E-state index >= 15 is 0 Å². The number of carbonyl (C=O) groups excluding carboxylic acids is 1. The van der Waals surface area contributed by atoms with Crippen molar-refractivity contribution in [2.24, 2.45) is 0 Å². The Balaban J connectivity index is 1.67. The summed E-state index contributed by atoms with van der Waals surface area (Å²) in [7, 11) is 2.15. The molecule has 0 aliphatic carbocycles. The highest BCUT2D eigenvalue weighted by Crippen LogP contribution is 2.18. The van der Waals surface area contributed by atoms with Crippen molar-refractivity contribution in [3.63, 3.8) is 0 Å². The Morgan fingerprint density at radius 2 is 1.74 bits per heavy atom. The number of rotatable bonds is 6. The molecule has 0 spiro atoms. The molecule has 3 rings (SSSR count). The molecular weight excluding hydrogens is 402 g/mol. The number of benzene rings is 2. The summed E-state index contributed by atoms with van der Waals surface area (Å²) in [6.45, 7) is 5.02. The van der Waals surface area contributed by atoms with Gasteiger partial charge in [-0.05, 0) is 30.3 Å². The van der Waals surface area contributed by atoms with Crippen molar-refractivity contribution >= 4 is 27.9 Å². The zero-order valence-corrected chi connectivity index (χ0v) is 17.2. The highest BCUT2D eigenvalue weighted by molar-refractivity contribution is 9.10. The molecule has 142 valence electrons. The highest BCUT2D eigenvalue weighted by atomic mass is 79.9. The molecule has 1 unspecified atom stereocenters. The molecule has 1 atom stereocenters. The normalized spacial score (nSPS) is 17.1. The monoisotopic (exact) mass is 427 g/mol. The van der Waals surface area contributed by atoms with Crippen LogP contribution in [0.3, 0.4) is 0 Å². The number of piperazine rings is 1. The maximum atomic E-state index is 12.6. The van der Waals surface area contributed by atoms with Crippen molar-refractivity contribution in [2.75, 3.05) is 39.8 Å². The lowest BCUT2D eigenvalue weighted by Crippen LogP contribution is -2.47. The molecule has 0 saturated carbocycles. The quantitative estimate of drug-likeness (QED) is 0.715. The van der Waals surface area contributed by atoms with E-state index < -0.39 is 0 Å². The van der Waals surface area contributed by atoms with E-state index in [0.29, 0.717) is 0 Å². The molecule has 1 aliphatic heterocycles. The van der Waals surface area contributed by atoms with Crippen LogP contribution in [0, 0.1) is 0 Å². The van der Waals surface area contributed by atoms with Crippen molar-refractivity contribution in [3.05, 3.63) is 76.3 Å². The van der Waals surface area contributed by atoms with Crippen LogP contribution in [0.1, 0.15) is 17.2 Å². The van der Waals surface area contributed by atoms with Gasteiger partial charge in [0.1, 0.15) is 0 Å². The average Bonchev–Trinajstić information content (AvgIpc) is 2.69. The van der Waals surface area contributed by atoms with Gasteiger partial charge in [0.25, 0.3) is 0 Å². The van der Waals surface area contributed by atoms with Crippen LogP contribution in [0.4, 0.5) is 0 Å². The van der Waals surface area contributed by atoms with E-state index in [1.807, 2.05) is 48.5 Å². The van der Waals surface area contributed by atoms with Crippen LogP contribution in [0.25, 0.3) is 6.08 Å². The van der Waals surface area contributed by atoms with Crippen molar-refractivity contribution in [3.8, 4) is 0 Å². The van der Waals surface area contributed by atoms with Crippen molar-refractivity contribution in [1.82, 2.24) is 15.1 Å². The minimum Gasteiger partial charge on any atom is -0.344 e. The zero-order chi connectivity index (χ0) is 19.1. The number of nitrogens with zero attached hydrogens (tertiary/aromatic N) is 2. The molecule has 1 saturated heterocycles. The van der Waals surface area contributed by atoms with Crippen LogP contribution in [0.2, 0.25) is 0 Å². The van der Waals surface area contributed by atoms with Crippen LogP contribution in [-0.2, 0) is 4.79 Å². The smallest absolute Gasteiger partial charge is 0.244 e. The number of nitrogens with one attached hydrogen (secondary N) is 1. The summed E-state index contributed by atoms with van der Waals surface area (Å²) in [5.41, 5.74) is 2.13. The summed E-state index contributed by atoms with van der Waals surface area (Å²) in [6.07, 6.45) is 3.46. The lowest BCUT2D eigenvalue weighted by molar-refractivity contribution is -0.117. The number of hydrogen-bond acceptors (Lipinski definition) is 3.